The third kappa shape index (κ3) is 4.82. The van der Waals surface area contributed by atoms with Gasteiger partial charge in [0.25, 0.3) is 5.91 Å². The summed E-state index contributed by atoms with van der Waals surface area (Å²) in [5, 5.41) is 2.98. The van der Waals surface area contributed by atoms with Gasteiger partial charge in [0.05, 0.1) is 0 Å². The van der Waals surface area contributed by atoms with Crippen LogP contribution in [0.25, 0.3) is 0 Å². The van der Waals surface area contributed by atoms with E-state index >= 15 is 0 Å². The molecule has 3 nitrogen and oxygen atoms in total. The number of benzene rings is 1. The summed E-state index contributed by atoms with van der Waals surface area (Å²) >= 11 is 3.44. The van der Waals surface area contributed by atoms with Crippen molar-refractivity contribution in [3.05, 3.63) is 28.2 Å². The molecule has 0 saturated heterocycles. The number of aryl methyl sites for hydroxylation is 1. The largest absolute Gasteiger partial charge is 0.484 e. The van der Waals surface area contributed by atoms with Crippen LogP contribution in [0.1, 0.15) is 37.7 Å². The van der Waals surface area contributed by atoms with Crippen molar-refractivity contribution < 1.29 is 9.53 Å². The summed E-state index contributed by atoms with van der Waals surface area (Å²) in [5.74, 6) is 1.36. The first-order valence-corrected chi connectivity index (χ1v) is 8.10. The number of hydrogen-bond acceptors (Lipinski definition) is 2. The van der Waals surface area contributed by atoms with Crippen LogP contribution in [-0.2, 0) is 4.79 Å². The summed E-state index contributed by atoms with van der Waals surface area (Å²) in [6, 6.07) is 5.73. The number of rotatable bonds is 5. The molecule has 0 bridgehead atoms. The molecule has 110 valence electrons. The zero-order chi connectivity index (χ0) is 14.4. The number of ether oxygens (including phenoxy) is 1. The van der Waals surface area contributed by atoms with E-state index in [9.17, 15) is 4.79 Å². The van der Waals surface area contributed by atoms with E-state index in [0.717, 1.165) is 22.3 Å². The van der Waals surface area contributed by atoms with Crippen molar-refractivity contribution in [3.8, 4) is 5.75 Å². The van der Waals surface area contributed by atoms with Gasteiger partial charge in [-0.15, -0.1) is 0 Å². The molecular weight excluding hydrogens is 318 g/mol. The van der Waals surface area contributed by atoms with E-state index in [4.69, 9.17) is 4.74 Å². The monoisotopic (exact) mass is 339 g/mol. The molecule has 0 heterocycles. The van der Waals surface area contributed by atoms with Crippen LogP contribution in [0.5, 0.6) is 5.75 Å². The first-order valence-electron chi connectivity index (χ1n) is 7.31. The topological polar surface area (TPSA) is 38.3 Å². The summed E-state index contributed by atoms with van der Waals surface area (Å²) in [6.45, 7) is 2.88. The lowest BCUT2D eigenvalue weighted by atomic mass is 9.89. The lowest BCUT2D eigenvalue weighted by Gasteiger charge is -2.21. The van der Waals surface area contributed by atoms with E-state index in [1.165, 1.54) is 32.1 Å². The highest BCUT2D eigenvalue weighted by Crippen LogP contribution is 2.23. The summed E-state index contributed by atoms with van der Waals surface area (Å²) in [5.41, 5.74) is 1.10. The fourth-order valence-corrected chi connectivity index (χ4v) is 2.80. The van der Waals surface area contributed by atoms with E-state index in [-0.39, 0.29) is 12.5 Å². The highest BCUT2D eigenvalue weighted by atomic mass is 79.9. The van der Waals surface area contributed by atoms with Gasteiger partial charge in [-0.2, -0.15) is 0 Å². The van der Waals surface area contributed by atoms with Crippen LogP contribution >= 0.6 is 15.9 Å². The SMILES string of the molecule is Cc1cc(OCC(=O)NCC2CCCCC2)ccc1Br. The second kappa shape index (κ2) is 7.67. The predicted octanol–water partition coefficient (Wildman–Crippen LogP) is 3.83. The van der Waals surface area contributed by atoms with Crippen LogP contribution in [0.3, 0.4) is 0 Å². The normalized spacial score (nSPS) is 15.9. The van der Waals surface area contributed by atoms with Gasteiger partial charge in [0, 0.05) is 11.0 Å². The zero-order valence-electron chi connectivity index (χ0n) is 12.0. The van der Waals surface area contributed by atoms with Crippen LogP contribution in [0.15, 0.2) is 22.7 Å². The molecule has 1 fully saturated rings. The van der Waals surface area contributed by atoms with Crippen LogP contribution in [-0.4, -0.2) is 19.1 Å². The predicted molar refractivity (Wildman–Crippen MR) is 84.0 cm³/mol. The smallest absolute Gasteiger partial charge is 0.257 e. The molecule has 0 aliphatic heterocycles. The third-order valence-corrected chi connectivity index (χ3v) is 4.70. The van der Waals surface area contributed by atoms with Crippen LogP contribution in [0.4, 0.5) is 0 Å². The molecule has 1 N–H and O–H groups in total. The maximum Gasteiger partial charge on any atom is 0.257 e. The number of hydrogen-bond donors (Lipinski definition) is 1. The van der Waals surface area contributed by atoms with Crippen LogP contribution in [0, 0.1) is 12.8 Å². The Balaban J connectivity index is 1.70. The Morgan fingerprint density at radius 2 is 2.10 bits per heavy atom. The molecule has 0 unspecified atom stereocenters. The minimum Gasteiger partial charge on any atom is -0.484 e. The number of amides is 1. The third-order valence-electron chi connectivity index (χ3n) is 3.81. The fraction of sp³-hybridized carbons (Fsp3) is 0.562. The Kier molecular flexibility index (Phi) is 5.89. The van der Waals surface area contributed by atoms with Gasteiger partial charge < -0.3 is 10.1 Å². The molecular formula is C16H22BrNO2. The second-order valence-corrected chi connectivity index (χ2v) is 6.36. The summed E-state index contributed by atoms with van der Waals surface area (Å²) < 4.78 is 6.56. The molecule has 2 rings (SSSR count). The Morgan fingerprint density at radius 3 is 2.80 bits per heavy atom. The van der Waals surface area contributed by atoms with Crippen LogP contribution in [0.2, 0.25) is 0 Å². The van der Waals surface area contributed by atoms with Gasteiger partial charge in [0.2, 0.25) is 0 Å². The average molecular weight is 340 g/mol. The molecule has 0 radical (unpaired) electrons. The van der Waals surface area contributed by atoms with Gasteiger partial charge in [-0.05, 0) is 49.4 Å². The number of carbonyl (C=O) groups excluding carboxylic acids is 1. The number of halogens is 1. The quantitative estimate of drug-likeness (QED) is 0.885. The van der Waals surface area contributed by atoms with Crippen molar-refractivity contribution in [2.24, 2.45) is 5.92 Å². The average Bonchev–Trinajstić information content (AvgIpc) is 2.47. The lowest BCUT2D eigenvalue weighted by molar-refractivity contribution is -0.123. The van der Waals surface area contributed by atoms with Gasteiger partial charge in [-0.1, -0.05) is 35.2 Å². The Hall–Kier alpha value is -1.03. The Labute approximate surface area is 129 Å². The van der Waals surface area contributed by atoms with Gasteiger partial charge in [-0.3, -0.25) is 4.79 Å². The van der Waals surface area contributed by atoms with Crippen molar-refractivity contribution >= 4 is 21.8 Å². The second-order valence-electron chi connectivity index (χ2n) is 5.51. The molecule has 1 aliphatic rings. The maximum absolute atomic E-state index is 11.8. The summed E-state index contributed by atoms with van der Waals surface area (Å²) in [7, 11) is 0. The van der Waals surface area contributed by atoms with Gasteiger partial charge in [-0.25, -0.2) is 0 Å². The molecule has 1 aliphatic carbocycles. The molecule has 0 aromatic heterocycles. The lowest BCUT2D eigenvalue weighted by Crippen LogP contribution is -2.33. The highest BCUT2D eigenvalue weighted by Gasteiger charge is 2.14. The first kappa shape index (κ1) is 15.4. The molecule has 4 heteroatoms. The Bertz CT molecular complexity index is 456. The Morgan fingerprint density at radius 1 is 1.35 bits per heavy atom. The molecule has 20 heavy (non-hydrogen) atoms. The summed E-state index contributed by atoms with van der Waals surface area (Å²) in [4.78, 5) is 11.8. The van der Waals surface area contributed by atoms with Crippen molar-refractivity contribution in [2.75, 3.05) is 13.2 Å². The fourth-order valence-electron chi connectivity index (χ4n) is 2.56. The van der Waals surface area contributed by atoms with Gasteiger partial charge in [0.1, 0.15) is 5.75 Å². The first-order chi connectivity index (χ1) is 9.65. The van der Waals surface area contributed by atoms with Crippen molar-refractivity contribution in [1.82, 2.24) is 5.32 Å². The molecule has 0 atom stereocenters. The molecule has 0 spiro atoms. The zero-order valence-corrected chi connectivity index (χ0v) is 13.5. The van der Waals surface area contributed by atoms with Crippen molar-refractivity contribution in [3.63, 3.8) is 0 Å². The maximum atomic E-state index is 11.8. The molecule has 1 amide bonds. The minimum atomic E-state index is -0.0313. The van der Waals surface area contributed by atoms with Crippen molar-refractivity contribution in [1.29, 1.82) is 0 Å². The van der Waals surface area contributed by atoms with Gasteiger partial charge >= 0.3 is 0 Å². The number of carbonyl (C=O) groups is 1. The number of nitrogens with one attached hydrogen (secondary N) is 1. The molecule has 1 aromatic carbocycles. The molecule has 1 aromatic rings. The van der Waals surface area contributed by atoms with E-state index < -0.39 is 0 Å². The molecule has 1 saturated carbocycles. The van der Waals surface area contributed by atoms with E-state index in [2.05, 4.69) is 21.2 Å². The van der Waals surface area contributed by atoms with Crippen molar-refractivity contribution in [2.45, 2.75) is 39.0 Å². The van der Waals surface area contributed by atoms with Gasteiger partial charge in [0.15, 0.2) is 6.61 Å². The summed E-state index contributed by atoms with van der Waals surface area (Å²) in [6.07, 6.45) is 6.43. The van der Waals surface area contributed by atoms with E-state index in [1.807, 2.05) is 25.1 Å². The van der Waals surface area contributed by atoms with E-state index in [0.29, 0.717) is 5.92 Å². The highest BCUT2D eigenvalue weighted by molar-refractivity contribution is 9.10. The standard InChI is InChI=1S/C16H22BrNO2/c1-12-9-14(7-8-15(12)17)20-11-16(19)18-10-13-5-3-2-4-6-13/h7-9,13H,2-6,10-11H2,1H3,(H,18,19). The van der Waals surface area contributed by atoms with Crippen LogP contribution < -0.4 is 10.1 Å². The minimum absolute atomic E-state index is 0.0313. The van der Waals surface area contributed by atoms with E-state index in [1.54, 1.807) is 0 Å².